The van der Waals surface area contributed by atoms with Gasteiger partial charge in [-0.3, -0.25) is 0 Å². The van der Waals surface area contributed by atoms with Crippen molar-refractivity contribution in [1.82, 2.24) is 15.0 Å². The minimum atomic E-state index is 0.598. The molecule has 0 atom stereocenters. The maximum atomic E-state index is 5.36. The Morgan fingerprint density at radius 3 is 3.23 bits per heavy atom. The van der Waals surface area contributed by atoms with Gasteiger partial charge >= 0.3 is 0 Å². The Morgan fingerprint density at radius 1 is 1.46 bits per heavy atom. The summed E-state index contributed by atoms with van der Waals surface area (Å²) in [6.45, 7) is 1.32. The number of hydrogen-bond donors (Lipinski definition) is 3. The fraction of sp³-hybridized carbons (Fsp3) is 0.250. The molecule has 4 N–H and O–H groups in total. The van der Waals surface area contributed by atoms with Crippen molar-refractivity contribution in [3.05, 3.63) is 18.5 Å². The normalized spacial score (nSPS) is 10.5. The van der Waals surface area contributed by atoms with E-state index < -0.39 is 0 Å². The van der Waals surface area contributed by atoms with E-state index in [-0.39, 0.29) is 0 Å². The lowest BCUT2D eigenvalue weighted by Crippen LogP contribution is -2.13. The second kappa shape index (κ2) is 3.40. The molecule has 0 spiro atoms. The first kappa shape index (κ1) is 8.00. The first-order valence-corrected chi connectivity index (χ1v) is 4.14. The van der Waals surface area contributed by atoms with Gasteiger partial charge in [0.15, 0.2) is 5.65 Å². The summed E-state index contributed by atoms with van der Waals surface area (Å²) in [6, 6.07) is 3.84. The molecule has 0 amide bonds. The number of nitrogens with one attached hydrogen (secondary N) is 2. The molecule has 0 aromatic carbocycles. The van der Waals surface area contributed by atoms with E-state index in [1.165, 1.54) is 0 Å². The number of pyridine rings is 1. The highest BCUT2D eigenvalue weighted by molar-refractivity contribution is 5.71. The lowest BCUT2D eigenvalue weighted by atomic mass is 10.4. The number of aromatic amines is 1. The van der Waals surface area contributed by atoms with Crippen molar-refractivity contribution in [2.45, 2.75) is 0 Å². The Hall–Kier alpha value is -1.62. The number of fused-ring (bicyclic) bond motifs is 1. The fourth-order valence-corrected chi connectivity index (χ4v) is 1.12. The summed E-state index contributed by atoms with van der Waals surface area (Å²) in [4.78, 5) is 11.3. The minimum absolute atomic E-state index is 0.598. The standard InChI is InChI=1S/C8H11N5/c9-3-4-10-7-2-1-6-8(13-7)12-5-11-6/h1-2,5H,3-4,9H2,(H2,10,11,12,13). The highest BCUT2D eigenvalue weighted by Crippen LogP contribution is 2.09. The van der Waals surface area contributed by atoms with Crippen molar-refractivity contribution in [2.24, 2.45) is 5.73 Å². The Morgan fingerprint density at radius 2 is 2.38 bits per heavy atom. The topological polar surface area (TPSA) is 79.6 Å². The van der Waals surface area contributed by atoms with Crippen LogP contribution in [0.4, 0.5) is 5.82 Å². The van der Waals surface area contributed by atoms with Gasteiger partial charge in [-0.1, -0.05) is 0 Å². The van der Waals surface area contributed by atoms with E-state index in [9.17, 15) is 0 Å². The summed E-state index contributed by atoms with van der Waals surface area (Å²) in [5, 5.41) is 3.09. The smallest absolute Gasteiger partial charge is 0.179 e. The summed E-state index contributed by atoms with van der Waals surface area (Å²) in [6.07, 6.45) is 1.63. The first-order chi connectivity index (χ1) is 6.40. The van der Waals surface area contributed by atoms with E-state index in [0.29, 0.717) is 6.54 Å². The number of nitrogens with zero attached hydrogens (tertiary/aromatic N) is 2. The van der Waals surface area contributed by atoms with Crippen molar-refractivity contribution in [3.8, 4) is 0 Å². The van der Waals surface area contributed by atoms with Crippen LogP contribution in [0.1, 0.15) is 0 Å². The molecule has 68 valence electrons. The number of aromatic nitrogens is 3. The molecule has 0 bridgehead atoms. The van der Waals surface area contributed by atoms with E-state index in [2.05, 4.69) is 20.3 Å². The second-order valence-electron chi connectivity index (χ2n) is 2.69. The third-order valence-electron chi connectivity index (χ3n) is 1.73. The van der Waals surface area contributed by atoms with Gasteiger partial charge in [-0.15, -0.1) is 0 Å². The number of nitrogens with two attached hydrogens (primary N) is 1. The van der Waals surface area contributed by atoms with Crippen LogP contribution in [0.5, 0.6) is 0 Å². The van der Waals surface area contributed by atoms with Crippen molar-refractivity contribution < 1.29 is 0 Å². The van der Waals surface area contributed by atoms with Crippen LogP contribution < -0.4 is 11.1 Å². The van der Waals surface area contributed by atoms with Crippen molar-refractivity contribution >= 4 is 17.0 Å². The van der Waals surface area contributed by atoms with Gasteiger partial charge in [0, 0.05) is 13.1 Å². The lowest BCUT2D eigenvalue weighted by Gasteiger charge is -2.01. The molecule has 5 heteroatoms. The molecule has 0 aliphatic heterocycles. The lowest BCUT2D eigenvalue weighted by molar-refractivity contribution is 1.01. The summed E-state index contributed by atoms with van der Waals surface area (Å²) in [7, 11) is 0. The van der Waals surface area contributed by atoms with E-state index >= 15 is 0 Å². The third kappa shape index (κ3) is 1.59. The molecule has 5 nitrogen and oxygen atoms in total. The zero-order valence-corrected chi connectivity index (χ0v) is 7.12. The van der Waals surface area contributed by atoms with Crippen LogP contribution in [0.2, 0.25) is 0 Å². The Balaban J connectivity index is 2.26. The molecule has 0 unspecified atom stereocenters. The highest BCUT2D eigenvalue weighted by Gasteiger charge is 1.98. The van der Waals surface area contributed by atoms with Gasteiger partial charge < -0.3 is 16.0 Å². The van der Waals surface area contributed by atoms with E-state index in [1.54, 1.807) is 6.33 Å². The van der Waals surface area contributed by atoms with E-state index in [4.69, 9.17) is 5.73 Å². The van der Waals surface area contributed by atoms with Gasteiger partial charge in [0.1, 0.15) is 5.82 Å². The molecule has 0 aliphatic carbocycles. The van der Waals surface area contributed by atoms with Gasteiger partial charge in [-0.05, 0) is 12.1 Å². The van der Waals surface area contributed by atoms with Gasteiger partial charge in [-0.25, -0.2) is 9.97 Å². The largest absolute Gasteiger partial charge is 0.369 e. The van der Waals surface area contributed by atoms with Gasteiger partial charge in [-0.2, -0.15) is 0 Å². The monoisotopic (exact) mass is 177 g/mol. The van der Waals surface area contributed by atoms with Crippen LogP contribution in [0.3, 0.4) is 0 Å². The number of hydrogen-bond acceptors (Lipinski definition) is 4. The SMILES string of the molecule is NCCNc1ccc2[nH]cnc2n1. The maximum Gasteiger partial charge on any atom is 0.179 e. The summed E-state index contributed by atoms with van der Waals surface area (Å²) < 4.78 is 0. The molecule has 0 saturated heterocycles. The zero-order chi connectivity index (χ0) is 9.10. The van der Waals surface area contributed by atoms with Crippen LogP contribution >= 0.6 is 0 Å². The molecule has 2 heterocycles. The molecule has 0 aliphatic rings. The average Bonchev–Trinajstić information content (AvgIpc) is 2.61. The van der Waals surface area contributed by atoms with Gasteiger partial charge in [0.25, 0.3) is 0 Å². The number of H-pyrrole nitrogens is 1. The first-order valence-electron chi connectivity index (χ1n) is 4.14. The number of rotatable bonds is 3. The maximum absolute atomic E-state index is 5.36. The van der Waals surface area contributed by atoms with E-state index in [0.717, 1.165) is 23.5 Å². The van der Waals surface area contributed by atoms with Gasteiger partial charge in [0.2, 0.25) is 0 Å². The third-order valence-corrected chi connectivity index (χ3v) is 1.73. The van der Waals surface area contributed by atoms with Crippen molar-refractivity contribution in [3.63, 3.8) is 0 Å². The zero-order valence-electron chi connectivity index (χ0n) is 7.12. The molecule has 2 aromatic rings. The Kier molecular flexibility index (Phi) is 2.09. The number of anilines is 1. The molecule has 2 rings (SSSR count). The predicted molar refractivity (Wildman–Crippen MR) is 51.4 cm³/mol. The highest BCUT2D eigenvalue weighted by atomic mass is 15.0. The predicted octanol–water partition coefficient (Wildman–Crippen LogP) is 0.328. The van der Waals surface area contributed by atoms with Crippen LogP contribution in [0.25, 0.3) is 11.2 Å². The summed E-state index contributed by atoms with van der Waals surface area (Å²) in [5.41, 5.74) is 7.02. The molecule has 0 radical (unpaired) electrons. The van der Waals surface area contributed by atoms with Crippen LogP contribution in [-0.2, 0) is 0 Å². The molecule has 0 fully saturated rings. The van der Waals surface area contributed by atoms with Crippen molar-refractivity contribution in [1.29, 1.82) is 0 Å². The second-order valence-corrected chi connectivity index (χ2v) is 2.69. The Labute approximate surface area is 75.4 Å². The molecular weight excluding hydrogens is 166 g/mol. The molecule has 0 saturated carbocycles. The van der Waals surface area contributed by atoms with Crippen LogP contribution in [-0.4, -0.2) is 28.0 Å². The summed E-state index contributed by atoms with van der Waals surface area (Å²) in [5.74, 6) is 0.810. The minimum Gasteiger partial charge on any atom is -0.369 e. The average molecular weight is 177 g/mol. The fourth-order valence-electron chi connectivity index (χ4n) is 1.12. The van der Waals surface area contributed by atoms with E-state index in [1.807, 2.05) is 12.1 Å². The molecular formula is C8H11N5. The number of imidazole rings is 1. The Bertz CT molecular complexity index is 394. The van der Waals surface area contributed by atoms with Crippen LogP contribution in [0, 0.1) is 0 Å². The quantitative estimate of drug-likeness (QED) is 0.631. The molecule has 13 heavy (non-hydrogen) atoms. The van der Waals surface area contributed by atoms with Crippen LogP contribution in [0.15, 0.2) is 18.5 Å². The van der Waals surface area contributed by atoms with Gasteiger partial charge in [0.05, 0.1) is 11.8 Å². The molecule has 2 aromatic heterocycles. The van der Waals surface area contributed by atoms with Crippen molar-refractivity contribution in [2.75, 3.05) is 18.4 Å². The summed E-state index contributed by atoms with van der Waals surface area (Å²) >= 11 is 0.